The second kappa shape index (κ2) is 5.59. The molecular formula is C18H13NO2. The second-order valence-electron chi connectivity index (χ2n) is 3.99. The third kappa shape index (κ3) is 2.67. The molecule has 0 radical (unpaired) electrons. The van der Waals surface area contributed by atoms with E-state index >= 15 is 0 Å². The van der Waals surface area contributed by atoms with Crippen LogP contribution < -0.4 is 0 Å². The quantitative estimate of drug-likeness (QED) is 0.506. The van der Waals surface area contributed by atoms with E-state index in [2.05, 4.69) is 0 Å². The highest BCUT2D eigenvalue weighted by atomic mass is 16.6. The summed E-state index contributed by atoms with van der Waals surface area (Å²) in [6.07, 6.45) is 0. The van der Waals surface area contributed by atoms with Crippen LogP contribution in [-0.2, 0) is 0 Å². The van der Waals surface area contributed by atoms with Gasteiger partial charge in [-0.15, -0.1) is 0 Å². The van der Waals surface area contributed by atoms with Crippen molar-refractivity contribution < 1.29 is 18.6 Å². The van der Waals surface area contributed by atoms with Crippen LogP contribution in [0.5, 0.6) is 0 Å². The van der Waals surface area contributed by atoms with Gasteiger partial charge in [-0.3, -0.25) is 10.1 Å². The van der Waals surface area contributed by atoms with E-state index in [0.717, 1.165) is 12.1 Å². The number of nitro groups is 1. The van der Waals surface area contributed by atoms with Gasteiger partial charge in [-0.1, -0.05) is 60.4 Å². The number of hydrogen-bond donors (Lipinski definition) is 0. The molecule has 0 saturated carbocycles. The molecule has 0 aliphatic rings. The summed E-state index contributed by atoms with van der Waals surface area (Å²) in [6.45, 7) is 0. The number of rotatable bonds is 3. The Bertz CT molecular complexity index is 1220. The zero-order valence-corrected chi connectivity index (χ0v) is 10.5. The SMILES string of the molecule is [2H]c1c([2H])c([2H])c(-c2ccc([N+](=O)[O-])c(-c3c([2H])c([2H])c([2H])c([2H])c3[2H])c2)c([2H])c1[2H]. The number of nitro benzene ring substituents is 1. The highest BCUT2D eigenvalue weighted by Crippen LogP contribution is 2.33. The monoisotopic (exact) mass is 285 g/mol. The molecule has 0 aromatic heterocycles. The third-order valence-corrected chi connectivity index (χ3v) is 2.75. The molecule has 0 unspecified atom stereocenters. The van der Waals surface area contributed by atoms with Gasteiger partial charge >= 0.3 is 0 Å². The van der Waals surface area contributed by atoms with Gasteiger partial charge < -0.3 is 0 Å². The summed E-state index contributed by atoms with van der Waals surface area (Å²) in [5.41, 5.74) is -1.54. The predicted octanol–water partition coefficient (Wildman–Crippen LogP) is 4.93. The van der Waals surface area contributed by atoms with Crippen molar-refractivity contribution in [2.45, 2.75) is 0 Å². The molecule has 0 saturated heterocycles. The first-order valence-electron chi connectivity index (χ1n) is 10.8. The van der Waals surface area contributed by atoms with E-state index in [9.17, 15) is 10.1 Å². The lowest BCUT2D eigenvalue weighted by Gasteiger charge is -2.07. The van der Waals surface area contributed by atoms with Crippen molar-refractivity contribution in [2.24, 2.45) is 0 Å². The summed E-state index contributed by atoms with van der Waals surface area (Å²) in [7, 11) is 0. The van der Waals surface area contributed by atoms with Gasteiger partial charge in [-0.25, -0.2) is 0 Å². The Labute approximate surface area is 136 Å². The van der Waals surface area contributed by atoms with Crippen molar-refractivity contribution in [1.82, 2.24) is 0 Å². The van der Waals surface area contributed by atoms with E-state index in [4.69, 9.17) is 13.7 Å². The Morgan fingerprint density at radius 3 is 1.95 bits per heavy atom. The molecule has 0 fully saturated rings. The largest absolute Gasteiger partial charge is 0.277 e. The Morgan fingerprint density at radius 1 is 0.810 bits per heavy atom. The van der Waals surface area contributed by atoms with E-state index in [0.29, 0.717) is 0 Å². The summed E-state index contributed by atoms with van der Waals surface area (Å²) < 4.78 is 79.1. The summed E-state index contributed by atoms with van der Waals surface area (Å²) >= 11 is 0. The van der Waals surface area contributed by atoms with Crippen molar-refractivity contribution in [2.75, 3.05) is 0 Å². The minimum atomic E-state index is -0.790. The van der Waals surface area contributed by atoms with Crippen LogP contribution in [0.1, 0.15) is 13.7 Å². The molecule has 102 valence electrons. The minimum Gasteiger partial charge on any atom is -0.258 e. The molecular weight excluding hydrogens is 262 g/mol. The van der Waals surface area contributed by atoms with Crippen LogP contribution in [0.25, 0.3) is 22.3 Å². The molecule has 3 aromatic carbocycles. The van der Waals surface area contributed by atoms with Crippen molar-refractivity contribution >= 4 is 5.69 Å². The van der Waals surface area contributed by atoms with Crippen LogP contribution in [0.2, 0.25) is 0 Å². The van der Waals surface area contributed by atoms with Gasteiger partial charge in [0, 0.05) is 6.07 Å². The van der Waals surface area contributed by atoms with Crippen LogP contribution >= 0.6 is 0 Å². The molecule has 21 heavy (non-hydrogen) atoms. The fraction of sp³-hybridized carbons (Fsp3) is 0. The molecule has 3 aromatic rings. The molecule has 0 aliphatic heterocycles. The molecule has 0 amide bonds. The fourth-order valence-corrected chi connectivity index (χ4v) is 1.83. The highest BCUT2D eigenvalue weighted by molar-refractivity contribution is 5.79. The van der Waals surface area contributed by atoms with Gasteiger partial charge in [0.2, 0.25) is 0 Å². The number of nitrogens with zero attached hydrogens (tertiary/aromatic N) is 1. The lowest BCUT2D eigenvalue weighted by Crippen LogP contribution is -1.92. The van der Waals surface area contributed by atoms with Crippen LogP contribution in [-0.4, -0.2) is 4.92 Å². The first-order valence-corrected chi connectivity index (χ1v) is 5.83. The zero-order valence-electron chi connectivity index (χ0n) is 20.5. The summed E-state index contributed by atoms with van der Waals surface area (Å²) in [5.74, 6) is 0. The van der Waals surface area contributed by atoms with E-state index in [1.165, 1.54) is 6.07 Å². The molecule has 0 bridgehead atoms. The zero-order chi connectivity index (χ0) is 23.4. The average Bonchev–Trinajstić information content (AvgIpc) is 2.73. The van der Waals surface area contributed by atoms with Crippen LogP contribution in [0.3, 0.4) is 0 Å². The molecule has 3 rings (SSSR count). The van der Waals surface area contributed by atoms with Gasteiger partial charge in [0.25, 0.3) is 5.69 Å². The van der Waals surface area contributed by atoms with Gasteiger partial charge in [-0.2, -0.15) is 0 Å². The maximum absolute atomic E-state index is 11.6. The van der Waals surface area contributed by atoms with E-state index < -0.39 is 76.6 Å². The molecule has 0 aliphatic carbocycles. The maximum atomic E-state index is 11.6. The van der Waals surface area contributed by atoms with Gasteiger partial charge in [0.05, 0.1) is 24.2 Å². The van der Waals surface area contributed by atoms with Crippen molar-refractivity contribution in [3.63, 3.8) is 0 Å². The van der Waals surface area contributed by atoms with E-state index in [1.807, 2.05) is 0 Å². The van der Waals surface area contributed by atoms with Gasteiger partial charge in [0.1, 0.15) is 0 Å². The smallest absolute Gasteiger partial charge is 0.258 e. The number of benzene rings is 3. The first-order chi connectivity index (χ1) is 14.4. The Hall–Kier alpha value is -2.94. The normalized spacial score (nSPS) is 17.0. The Morgan fingerprint density at radius 2 is 1.38 bits per heavy atom. The molecule has 0 heterocycles. The molecule has 0 atom stereocenters. The predicted molar refractivity (Wildman–Crippen MR) is 84.0 cm³/mol. The third-order valence-electron chi connectivity index (χ3n) is 2.75. The lowest BCUT2D eigenvalue weighted by atomic mass is 9.97. The molecule has 0 spiro atoms. The van der Waals surface area contributed by atoms with Crippen LogP contribution in [0, 0.1) is 10.1 Å². The Balaban J connectivity index is 2.45. The second-order valence-corrected chi connectivity index (χ2v) is 3.99. The van der Waals surface area contributed by atoms with Crippen LogP contribution in [0.4, 0.5) is 5.69 Å². The summed E-state index contributed by atoms with van der Waals surface area (Å²) in [4.78, 5) is 10.8. The van der Waals surface area contributed by atoms with Gasteiger partial charge in [0.15, 0.2) is 0 Å². The standard InChI is InChI=1S/C18H13NO2/c20-19(21)18-12-11-16(14-7-3-1-4-8-14)13-17(18)15-9-5-2-6-10-15/h1-13H/i1D,2D,3D,4D,5D,6D,7D,8D,9D,10D. The summed E-state index contributed by atoms with van der Waals surface area (Å²) in [5, 5.41) is 11.6. The first kappa shape index (κ1) is 5.82. The van der Waals surface area contributed by atoms with Gasteiger partial charge in [-0.05, 0) is 28.8 Å². The van der Waals surface area contributed by atoms with Crippen molar-refractivity contribution in [3.8, 4) is 22.3 Å². The van der Waals surface area contributed by atoms with Crippen molar-refractivity contribution in [3.05, 3.63) is 88.7 Å². The minimum absolute atomic E-state index is 0.00408. The molecule has 3 nitrogen and oxygen atoms in total. The highest BCUT2D eigenvalue weighted by Gasteiger charge is 2.16. The van der Waals surface area contributed by atoms with Crippen LogP contribution in [0.15, 0.2) is 78.6 Å². The van der Waals surface area contributed by atoms with E-state index in [1.54, 1.807) is 0 Å². The average molecular weight is 285 g/mol. The van der Waals surface area contributed by atoms with E-state index in [-0.39, 0.29) is 16.7 Å². The number of hydrogen-bond acceptors (Lipinski definition) is 2. The summed E-state index contributed by atoms with van der Waals surface area (Å²) in [6, 6.07) is -2.93. The Kier molecular flexibility index (Phi) is 1.55. The van der Waals surface area contributed by atoms with Crippen molar-refractivity contribution in [1.29, 1.82) is 0 Å². The maximum Gasteiger partial charge on any atom is 0.277 e. The fourth-order valence-electron chi connectivity index (χ4n) is 1.83. The molecule has 0 N–H and O–H groups in total. The molecule has 3 heteroatoms. The topological polar surface area (TPSA) is 43.1 Å². The lowest BCUT2D eigenvalue weighted by molar-refractivity contribution is -0.384.